The molecule has 1 atom stereocenters. The first kappa shape index (κ1) is 20.5. The molecule has 1 amide bonds. The summed E-state index contributed by atoms with van der Waals surface area (Å²) >= 11 is 0. The van der Waals surface area contributed by atoms with Crippen LogP contribution in [0.3, 0.4) is 0 Å². The van der Waals surface area contributed by atoms with Crippen molar-refractivity contribution in [1.29, 1.82) is 0 Å². The van der Waals surface area contributed by atoms with Gasteiger partial charge < -0.3 is 19.0 Å². The molecule has 2 aromatic rings. The lowest BCUT2D eigenvalue weighted by atomic mass is 9.96. The maximum Gasteiger partial charge on any atom is 0.257 e. The van der Waals surface area contributed by atoms with Crippen molar-refractivity contribution < 1.29 is 13.9 Å². The Balaban J connectivity index is 1.53. The van der Waals surface area contributed by atoms with E-state index in [4.69, 9.17) is 9.15 Å². The lowest BCUT2D eigenvalue weighted by Crippen LogP contribution is -2.43. The van der Waals surface area contributed by atoms with E-state index >= 15 is 0 Å². The van der Waals surface area contributed by atoms with Crippen molar-refractivity contribution in [2.45, 2.75) is 33.1 Å². The van der Waals surface area contributed by atoms with Gasteiger partial charge in [0.1, 0.15) is 11.5 Å². The highest BCUT2D eigenvalue weighted by atomic mass is 16.5. The molecule has 0 saturated carbocycles. The van der Waals surface area contributed by atoms with Gasteiger partial charge in [0, 0.05) is 26.2 Å². The van der Waals surface area contributed by atoms with Gasteiger partial charge in [-0.05, 0) is 69.3 Å². The van der Waals surface area contributed by atoms with Crippen molar-refractivity contribution in [1.82, 2.24) is 9.80 Å². The van der Waals surface area contributed by atoms with E-state index in [2.05, 4.69) is 30.0 Å². The summed E-state index contributed by atoms with van der Waals surface area (Å²) in [6, 6.07) is 10.1. The fourth-order valence-electron chi connectivity index (χ4n) is 4.06. The Morgan fingerprint density at radius 1 is 1.36 bits per heavy atom. The minimum Gasteiger partial charge on any atom is -0.497 e. The Bertz CT molecular complexity index is 771. The Kier molecular flexibility index (Phi) is 7.15. The number of amides is 1. The van der Waals surface area contributed by atoms with Crippen LogP contribution >= 0.6 is 0 Å². The molecule has 152 valence electrons. The standard InChI is InChI=1S/C23H32N2O3/c1-4-25(23(26)22-11-14-28-18(22)2)17-20-8-6-12-24(16-20)13-10-19-7-5-9-21(15-19)27-3/h5,7,9,11,14-15,20H,4,6,8,10,12-13,16-17H2,1-3H3/t20-/m0/s1. The molecule has 0 unspecified atom stereocenters. The maximum atomic E-state index is 12.8. The quantitative estimate of drug-likeness (QED) is 0.690. The van der Waals surface area contributed by atoms with Gasteiger partial charge in [0.15, 0.2) is 0 Å². The molecule has 0 spiro atoms. The molecule has 1 aliphatic rings. The van der Waals surface area contributed by atoms with Crippen LogP contribution in [0.4, 0.5) is 0 Å². The van der Waals surface area contributed by atoms with Gasteiger partial charge in [0.2, 0.25) is 0 Å². The largest absolute Gasteiger partial charge is 0.497 e. The molecule has 1 fully saturated rings. The average Bonchev–Trinajstić information content (AvgIpc) is 3.16. The van der Waals surface area contributed by atoms with Crippen LogP contribution in [0.1, 0.15) is 41.4 Å². The zero-order valence-corrected chi connectivity index (χ0v) is 17.3. The van der Waals surface area contributed by atoms with Crippen LogP contribution in [0.15, 0.2) is 41.0 Å². The van der Waals surface area contributed by atoms with Gasteiger partial charge in [-0.15, -0.1) is 0 Å². The smallest absolute Gasteiger partial charge is 0.257 e. The van der Waals surface area contributed by atoms with Gasteiger partial charge in [-0.1, -0.05) is 12.1 Å². The zero-order valence-electron chi connectivity index (χ0n) is 17.3. The van der Waals surface area contributed by atoms with Crippen LogP contribution in [0, 0.1) is 12.8 Å². The minimum absolute atomic E-state index is 0.0854. The van der Waals surface area contributed by atoms with Gasteiger partial charge in [0.05, 0.1) is 18.9 Å². The lowest BCUT2D eigenvalue weighted by molar-refractivity contribution is 0.0689. The Morgan fingerprint density at radius 3 is 2.93 bits per heavy atom. The number of rotatable bonds is 8. The number of ether oxygens (including phenoxy) is 1. The van der Waals surface area contributed by atoms with Crippen LogP contribution in [-0.4, -0.2) is 55.5 Å². The van der Waals surface area contributed by atoms with Crippen molar-refractivity contribution >= 4 is 5.91 Å². The summed E-state index contributed by atoms with van der Waals surface area (Å²) < 4.78 is 10.6. The van der Waals surface area contributed by atoms with Crippen LogP contribution in [-0.2, 0) is 6.42 Å². The number of aryl methyl sites for hydroxylation is 1. The first-order valence-corrected chi connectivity index (χ1v) is 10.3. The van der Waals surface area contributed by atoms with Gasteiger partial charge in [-0.2, -0.15) is 0 Å². The molecule has 1 aliphatic heterocycles. The van der Waals surface area contributed by atoms with Crippen LogP contribution in [0.2, 0.25) is 0 Å². The van der Waals surface area contributed by atoms with Crippen molar-refractivity contribution in [2.75, 3.05) is 39.8 Å². The predicted octanol–water partition coefficient (Wildman–Crippen LogP) is 4.01. The zero-order chi connectivity index (χ0) is 19.9. The Labute approximate surface area is 168 Å². The van der Waals surface area contributed by atoms with E-state index < -0.39 is 0 Å². The van der Waals surface area contributed by atoms with E-state index in [0.29, 0.717) is 17.2 Å². The number of nitrogens with zero attached hydrogens (tertiary/aromatic N) is 2. The van der Waals surface area contributed by atoms with Gasteiger partial charge in [0.25, 0.3) is 5.91 Å². The first-order chi connectivity index (χ1) is 13.6. The van der Waals surface area contributed by atoms with Crippen LogP contribution in [0.5, 0.6) is 5.75 Å². The molecule has 2 heterocycles. The number of likely N-dealkylation sites (tertiary alicyclic amines) is 1. The van der Waals surface area contributed by atoms with E-state index in [-0.39, 0.29) is 5.91 Å². The molecule has 0 aliphatic carbocycles. The normalized spacial score (nSPS) is 17.5. The summed E-state index contributed by atoms with van der Waals surface area (Å²) in [6.45, 7) is 8.68. The fraction of sp³-hybridized carbons (Fsp3) is 0.522. The van der Waals surface area contributed by atoms with Crippen molar-refractivity contribution in [3.05, 3.63) is 53.5 Å². The highest BCUT2D eigenvalue weighted by molar-refractivity contribution is 5.95. The van der Waals surface area contributed by atoms with Gasteiger partial charge >= 0.3 is 0 Å². The number of benzene rings is 1. The SMILES string of the molecule is CCN(C[C@H]1CCCN(CCc2cccc(OC)c2)C1)C(=O)c1ccoc1C. The summed E-state index contributed by atoms with van der Waals surface area (Å²) in [5.74, 6) is 2.23. The molecule has 0 radical (unpaired) electrons. The number of hydrogen-bond donors (Lipinski definition) is 0. The highest BCUT2D eigenvalue weighted by Gasteiger charge is 2.25. The van der Waals surface area contributed by atoms with E-state index in [0.717, 1.165) is 44.9 Å². The molecule has 5 heteroatoms. The van der Waals surface area contributed by atoms with Crippen LogP contribution < -0.4 is 4.74 Å². The molecule has 1 aromatic carbocycles. The van der Waals surface area contributed by atoms with Crippen molar-refractivity contribution in [3.63, 3.8) is 0 Å². The average molecular weight is 385 g/mol. The second kappa shape index (κ2) is 9.78. The topological polar surface area (TPSA) is 45.9 Å². The first-order valence-electron chi connectivity index (χ1n) is 10.3. The third kappa shape index (κ3) is 5.16. The Morgan fingerprint density at radius 2 is 2.21 bits per heavy atom. The third-order valence-electron chi connectivity index (χ3n) is 5.69. The lowest BCUT2D eigenvalue weighted by Gasteiger charge is -2.35. The monoisotopic (exact) mass is 384 g/mol. The number of furan rings is 1. The van der Waals surface area contributed by atoms with Crippen molar-refractivity contribution in [3.8, 4) is 5.75 Å². The summed E-state index contributed by atoms with van der Waals surface area (Å²) in [4.78, 5) is 17.3. The number of carbonyl (C=O) groups is 1. The molecule has 3 rings (SSSR count). The molecule has 0 N–H and O–H groups in total. The van der Waals surface area contributed by atoms with Crippen LogP contribution in [0.25, 0.3) is 0 Å². The number of methoxy groups -OCH3 is 1. The maximum absolute atomic E-state index is 12.8. The minimum atomic E-state index is 0.0854. The third-order valence-corrected chi connectivity index (χ3v) is 5.69. The van der Waals surface area contributed by atoms with E-state index in [1.165, 1.54) is 18.4 Å². The molecule has 28 heavy (non-hydrogen) atoms. The summed E-state index contributed by atoms with van der Waals surface area (Å²) in [5, 5.41) is 0. The fourth-order valence-corrected chi connectivity index (χ4v) is 4.06. The second-order valence-electron chi connectivity index (χ2n) is 7.64. The molecular formula is C23H32N2O3. The number of carbonyl (C=O) groups excluding carboxylic acids is 1. The van der Waals surface area contributed by atoms with E-state index in [1.807, 2.05) is 17.9 Å². The molecule has 1 aromatic heterocycles. The second-order valence-corrected chi connectivity index (χ2v) is 7.64. The molecule has 1 saturated heterocycles. The molecular weight excluding hydrogens is 352 g/mol. The number of hydrogen-bond acceptors (Lipinski definition) is 4. The summed E-state index contributed by atoms with van der Waals surface area (Å²) in [6.07, 6.45) is 4.99. The van der Waals surface area contributed by atoms with Gasteiger partial charge in [-0.3, -0.25) is 4.79 Å². The van der Waals surface area contributed by atoms with Gasteiger partial charge in [-0.25, -0.2) is 0 Å². The molecule has 5 nitrogen and oxygen atoms in total. The van der Waals surface area contributed by atoms with E-state index in [9.17, 15) is 4.79 Å². The predicted molar refractivity (Wildman–Crippen MR) is 111 cm³/mol. The highest BCUT2D eigenvalue weighted by Crippen LogP contribution is 2.21. The Hall–Kier alpha value is -2.27. The molecule has 0 bridgehead atoms. The van der Waals surface area contributed by atoms with Crippen molar-refractivity contribution in [2.24, 2.45) is 5.92 Å². The summed E-state index contributed by atoms with van der Waals surface area (Å²) in [7, 11) is 1.71. The summed E-state index contributed by atoms with van der Waals surface area (Å²) in [5.41, 5.74) is 2.00. The number of piperidine rings is 1. The van der Waals surface area contributed by atoms with E-state index in [1.54, 1.807) is 19.4 Å².